The molecule has 1 saturated carbocycles. The molecule has 2 aromatic rings. The molecule has 124 valence electrons. The molecule has 1 aliphatic heterocycles. The Bertz CT molecular complexity index is 631. The van der Waals surface area contributed by atoms with Gasteiger partial charge in [0.1, 0.15) is 5.76 Å². The van der Waals surface area contributed by atoms with E-state index in [4.69, 9.17) is 14.3 Å². The van der Waals surface area contributed by atoms with Crippen molar-refractivity contribution in [2.45, 2.75) is 45.3 Å². The molecule has 5 nitrogen and oxygen atoms in total. The van der Waals surface area contributed by atoms with Gasteiger partial charge in [0.05, 0.1) is 25.1 Å². The fraction of sp³-hybridized carbons (Fsp3) is 0.611. The van der Waals surface area contributed by atoms with Gasteiger partial charge >= 0.3 is 0 Å². The molecule has 0 N–H and O–H groups in total. The number of hydrogen-bond donors (Lipinski definition) is 0. The second-order valence-corrected chi connectivity index (χ2v) is 6.81. The number of nitrogens with zero attached hydrogens (tertiary/aromatic N) is 3. The first-order valence-corrected chi connectivity index (χ1v) is 8.70. The van der Waals surface area contributed by atoms with Gasteiger partial charge in [-0.25, -0.2) is 0 Å². The predicted molar refractivity (Wildman–Crippen MR) is 87.0 cm³/mol. The standard InChI is InChI=1S/C18H25N3O2/c1-2-21-10-17-15(13-22-12-14-5-6-14)8-20(11-18(17)19-21)9-16-4-3-7-23-16/h3-4,7,10,14-15H,2,5-6,8-9,11-13H2,1H3. The minimum absolute atomic E-state index is 0.410. The van der Waals surface area contributed by atoms with Crippen LogP contribution < -0.4 is 0 Å². The molecule has 1 fully saturated rings. The number of fused-ring (bicyclic) bond motifs is 1. The molecular formula is C18H25N3O2. The van der Waals surface area contributed by atoms with E-state index in [1.54, 1.807) is 6.26 Å². The van der Waals surface area contributed by atoms with Crippen LogP contribution in [0.1, 0.15) is 42.7 Å². The molecule has 2 aromatic heterocycles. The highest BCUT2D eigenvalue weighted by Crippen LogP contribution is 2.31. The van der Waals surface area contributed by atoms with Crippen molar-refractivity contribution in [2.24, 2.45) is 5.92 Å². The highest BCUT2D eigenvalue weighted by atomic mass is 16.5. The van der Waals surface area contributed by atoms with E-state index in [1.807, 2.05) is 12.1 Å². The van der Waals surface area contributed by atoms with Crippen molar-refractivity contribution in [3.63, 3.8) is 0 Å². The lowest BCUT2D eigenvalue weighted by Crippen LogP contribution is -2.34. The Morgan fingerprint density at radius 2 is 2.26 bits per heavy atom. The summed E-state index contributed by atoms with van der Waals surface area (Å²) in [6, 6.07) is 3.99. The first kappa shape index (κ1) is 15.0. The first-order chi connectivity index (χ1) is 11.3. The van der Waals surface area contributed by atoms with Crippen LogP contribution in [0, 0.1) is 5.92 Å². The summed E-state index contributed by atoms with van der Waals surface area (Å²) in [5, 5.41) is 4.74. The van der Waals surface area contributed by atoms with E-state index >= 15 is 0 Å². The van der Waals surface area contributed by atoms with E-state index in [1.165, 1.54) is 24.1 Å². The molecule has 0 amide bonds. The molecule has 0 saturated heterocycles. The molecule has 0 radical (unpaired) electrons. The third-order valence-electron chi connectivity index (χ3n) is 4.82. The van der Waals surface area contributed by atoms with Crippen LogP contribution >= 0.6 is 0 Å². The zero-order chi connectivity index (χ0) is 15.6. The summed E-state index contributed by atoms with van der Waals surface area (Å²) < 4.78 is 13.6. The second-order valence-electron chi connectivity index (χ2n) is 6.81. The Hall–Kier alpha value is -1.59. The van der Waals surface area contributed by atoms with E-state index in [9.17, 15) is 0 Å². The Kier molecular flexibility index (Phi) is 4.23. The fourth-order valence-corrected chi connectivity index (χ4v) is 3.34. The first-order valence-electron chi connectivity index (χ1n) is 8.70. The van der Waals surface area contributed by atoms with E-state index in [2.05, 4.69) is 22.7 Å². The molecular weight excluding hydrogens is 290 g/mol. The summed E-state index contributed by atoms with van der Waals surface area (Å²) in [5.41, 5.74) is 2.57. The van der Waals surface area contributed by atoms with Crippen LogP contribution in [0.4, 0.5) is 0 Å². The molecule has 1 atom stereocenters. The normalized spacial score (nSPS) is 21.5. The van der Waals surface area contributed by atoms with Crippen molar-refractivity contribution in [3.05, 3.63) is 41.6 Å². The average molecular weight is 315 g/mol. The maximum absolute atomic E-state index is 5.99. The maximum Gasteiger partial charge on any atom is 0.117 e. The number of furan rings is 1. The maximum atomic E-state index is 5.99. The molecule has 1 unspecified atom stereocenters. The van der Waals surface area contributed by atoms with Gasteiger partial charge in [0.15, 0.2) is 0 Å². The third-order valence-corrected chi connectivity index (χ3v) is 4.82. The van der Waals surface area contributed by atoms with Gasteiger partial charge in [-0.3, -0.25) is 9.58 Å². The van der Waals surface area contributed by atoms with Gasteiger partial charge < -0.3 is 9.15 Å². The summed E-state index contributed by atoms with van der Waals surface area (Å²) in [4.78, 5) is 2.42. The van der Waals surface area contributed by atoms with Crippen LogP contribution in [0.3, 0.4) is 0 Å². The zero-order valence-corrected chi connectivity index (χ0v) is 13.8. The zero-order valence-electron chi connectivity index (χ0n) is 13.8. The van der Waals surface area contributed by atoms with Gasteiger partial charge in [-0.1, -0.05) is 0 Å². The molecule has 4 rings (SSSR count). The third kappa shape index (κ3) is 3.51. The van der Waals surface area contributed by atoms with Gasteiger partial charge in [-0.15, -0.1) is 0 Å². The largest absolute Gasteiger partial charge is 0.468 e. The van der Waals surface area contributed by atoms with Crippen LogP contribution in [0.25, 0.3) is 0 Å². The molecule has 1 aliphatic carbocycles. The van der Waals surface area contributed by atoms with E-state index in [-0.39, 0.29) is 0 Å². The Labute approximate surface area is 137 Å². The summed E-state index contributed by atoms with van der Waals surface area (Å²) in [6.07, 6.45) is 6.64. The lowest BCUT2D eigenvalue weighted by atomic mass is 9.95. The van der Waals surface area contributed by atoms with Crippen LogP contribution in [-0.2, 0) is 24.4 Å². The smallest absolute Gasteiger partial charge is 0.117 e. The SMILES string of the molecule is CCn1cc2c(n1)CN(Cc1ccco1)CC2COCC1CC1. The van der Waals surface area contributed by atoms with E-state index < -0.39 is 0 Å². The van der Waals surface area contributed by atoms with Crippen LogP contribution in [0.15, 0.2) is 29.0 Å². The molecule has 5 heteroatoms. The second kappa shape index (κ2) is 6.49. The molecule has 3 heterocycles. The topological polar surface area (TPSA) is 43.4 Å². The lowest BCUT2D eigenvalue weighted by molar-refractivity contribution is 0.0873. The van der Waals surface area contributed by atoms with Crippen LogP contribution in [0.2, 0.25) is 0 Å². The monoisotopic (exact) mass is 315 g/mol. The van der Waals surface area contributed by atoms with Crippen molar-refractivity contribution in [2.75, 3.05) is 19.8 Å². The summed E-state index contributed by atoms with van der Waals surface area (Å²) >= 11 is 0. The Morgan fingerprint density at radius 1 is 1.35 bits per heavy atom. The average Bonchev–Trinajstić information content (AvgIpc) is 3.06. The van der Waals surface area contributed by atoms with E-state index in [0.717, 1.165) is 51.1 Å². The van der Waals surface area contributed by atoms with Gasteiger partial charge in [0.2, 0.25) is 0 Å². The van der Waals surface area contributed by atoms with Gasteiger partial charge in [0, 0.05) is 43.9 Å². The molecule has 0 aromatic carbocycles. The lowest BCUT2D eigenvalue weighted by Gasteiger charge is -2.31. The van der Waals surface area contributed by atoms with Crippen molar-refractivity contribution < 1.29 is 9.15 Å². The van der Waals surface area contributed by atoms with Crippen molar-refractivity contribution in [1.29, 1.82) is 0 Å². The van der Waals surface area contributed by atoms with Gasteiger partial charge in [-0.05, 0) is 37.8 Å². The van der Waals surface area contributed by atoms with E-state index in [0.29, 0.717) is 5.92 Å². The molecule has 2 aliphatic rings. The van der Waals surface area contributed by atoms with Crippen LogP contribution in [-0.4, -0.2) is 34.4 Å². The van der Waals surface area contributed by atoms with Crippen LogP contribution in [0.5, 0.6) is 0 Å². The van der Waals surface area contributed by atoms with Crippen molar-refractivity contribution >= 4 is 0 Å². The highest BCUT2D eigenvalue weighted by Gasteiger charge is 2.29. The quantitative estimate of drug-likeness (QED) is 0.788. The Morgan fingerprint density at radius 3 is 3.00 bits per heavy atom. The Balaban J connectivity index is 1.46. The minimum atomic E-state index is 0.410. The predicted octanol–water partition coefficient (Wildman–Crippen LogP) is 3.02. The number of ether oxygens (including phenoxy) is 1. The van der Waals surface area contributed by atoms with Gasteiger partial charge in [-0.2, -0.15) is 5.10 Å². The fourth-order valence-electron chi connectivity index (χ4n) is 3.34. The summed E-state index contributed by atoms with van der Waals surface area (Å²) in [7, 11) is 0. The molecule has 23 heavy (non-hydrogen) atoms. The highest BCUT2D eigenvalue weighted by molar-refractivity contribution is 5.25. The molecule has 0 spiro atoms. The molecule has 0 bridgehead atoms. The number of hydrogen-bond acceptors (Lipinski definition) is 4. The van der Waals surface area contributed by atoms with Crippen molar-refractivity contribution in [1.82, 2.24) is 14.7 Å². The summed E-state index contributed by atoms with van der Waals surface area (Å²) in [5.74, 6) is 2.24. The van der Waals surface area contributed by atoms with Gasteiger partial charge in [0.25, 0.3) is 0 Å². The number of aromatic nitrogens is 2. The number of aryl methyl sites for hydroxylation is 1. The minimum Gasteiger partial charge on any atom is -0.468 e. The summed E-state index contributed by atoms with van der Waals surface area (Å²) in [6.45, 7) is 7.51. The number of rotatable bonds is 7. The van der Waals surface area contributed by atoms with Crippen molar-refractivity contribution in [3.8, 4) is 0 Å².